The number of anilines is 2. The first kappa shape index (κ1) is 13.4. The molecule has 0 radical (unpaired) electrons. The Morgan fingerprint density at radius 3 is 2.50 bits per heavy atom. The Kier molecular flexibility index (Phi) is 3.41. The second-order valence-corrected chi connectivity index (χ2v) is 6.44. The lowest BCUT2D eigenvalue weighted by atomic mass is 10.1. The van der Waals surface area contributed by atoms with Gasteiger partial charge in [-0.15, -0.1) is 11.3 Å². The molecule has 2 fully saturated rings. The maximum absolute atomic E-state index is 12.3. The van der Waals surface area contributed by atoms with Gasteiger partial charge in [-0.2, -0.15) is 0 Å². The van der Waals surface area contributed by atoms with Crippen LogP contribution >= 0.6 is 11.3 Å². The summed E-state index contributed by atoms with van der Waals surface area (Å²) in [6.45, 7) is 1.86. The third kappa shape index (κ3) is 2.18. The number of thiophene rings is 1. The molecule has 1 aromatic rings. The fourth-order valence-electron chi connectivity index (χ4n) is 2.63. The van der Waals surface area contributed by atoms with Crippen molar-refractivity contribution in [2.45, 2.75) is 25.7 Å². The number of amides is 1. The van der Waals surface area contributed by atoms with E-state index in [2.05, 4.69) is 10.2 Å². The van der Waals surface area contributed by atoms with Gasteiger partial charge in [-0.05, 0) is 25.7 Å². The lowest BCUT2D eigenvalue weighted by Crippen LogP contribution is -2.24. The Morgan fingerprint density at radius 1 is 1.30 bits per heavy atom. The van der Waals surface area contributed by atoms with Crippen molar-refractivity contribution >= 4 is 33.7 Å². The molecule has 3 rings (SSSR count). The summed E-state index contributed by atoms with van der Waals surface area (Å²) in [6.07, 6.45) is 4.14. The number of carbonyl (C=O) groups is 2. The van der Waals surface area contributed by atoms with Crippen LogP contribution in [0.3, 0.4) is 0 Å². The lowest BCUT2D eigenvalue weighted by Gasteiger charge is -2.16. The maximum atomic E-state index is 12.3. The summed E-state index contributed by atoms with van der Waals surface area (Å²) >= 11 is 1.39. The number of nitrogens with zero attached hydrogens (tertiary/aromatic N) is 1. The number of rotatable bonds is 4. The first-order valence-corrected chi connectivity index (χ1v) is 7.88. The van der Waals surface area contributed by atoms with E-state index in [1.807, 2.05) is 0 Å². The number of hydrogen-bond acceptors (Lipinski definition) is 5. The number of hydrogen-bond donors (Lipinski definition) is 2. The molecular weight excluding hydrogens is 274 g/mol. The average Bonchev–Trinajstić information content (AvgIpc) is 3.04. The highest BCUT2D eigenvalue weighted by Crippen LogP contribution is 2.43. The first-order chi connectivity index (χ1) is 9.63. The van der Waals surface area contributed by atoms with Crippen LogP contribution in [0.2, 0.25) is 0 Å². The van der Waals surface area contributed by atoms with Crippen LogP contribution < -0.4 is 16.0 Å². The number of carbonyl (C=O) groups excluding carboxylic acids is 2. The number of nitrogens with two attached hydrogens (primary N) is 1. The molecule has 5 nitrogen and oxygen atoms in total. The zero-order valence-electron chi connectivity index (χ0n) is 11.6. The Morgan fingerprint density at radius 2 is 1.95 bits per heavy atom. The van der Waals surface area contributed by atoms with Crippen molar-refractivity contribution in [3.63, 3.8) is 0 Å². The largest absolute Gasteiger partial charge is 0.397 e. The minimum atomic E-state index is -0.199. The molecule has 0 spiro atoms. The molecule has 6 heteroatoms. The molecule has 0 aromatic carbocycles. The van der Waals surface area contributed by atoms with Crippen LogP contribution in [0.15, 0.2) is 0 Å². The van der Waals surface area contributed by atoms with Gasteiger partial charge in [0, 0.05) is 26.1 Å². The fourth-order valence-corrected chi connectivity index (χ4v) is 3.92. The summed E-state index contributed by atoms with van der Waals surface area (Å²) in [5.74, 6) is 0.0403. The predicted molar refractivity (Wildman–Crippen MR) is 80.6 cm³/mol. The van der Waals surface area contributed by atoms with E-state index in [4.69, 9.17) is 5.73 Å². The van der Waals surface area contributed by atoms with Crippen LogP contribution in [-0.2, 0) is 0 Å². The minimum Gasteiger partial charge on any atom is -0.397 e. The standard InChI is InChI=1S/C14H19N3O2S/c1-16-13(19)9-10(15)12(11(18)8-4-5-8)20-14(9)17-6-2-3-7-17/h8H,2-7,15H2,1H3,(H,16,19). The van der Waals surface area contributed by atoms with Gasteiger partial charge in [-0.25, -0.2) is 0 Å². The molecule has 0 bridgehead atoms. The smallest absolute Gasteiger partial charge is 0.256 e. The van der Waals surface area contributed by atoms with Gasteiger partial charge in [0.2, 0.25) is 0 Å². The Hall–Kier alpha value is -1.56. The van der Waals surface area contributed by atoms with Gasteiger partial charge in [0.15, 0.2) is 5.78 Å². The summed E-state index contributed by atoms with van der Waals surface area (Å²) in [4.78, 5) is 27.2. The quantitative estimate of drug-likeness (QED) is 0.831. The zero-order chi connectivity index (χ0) is 14.3. The van der Waals surface area contributed by atoms with Crippen LogP contribution in [-0.4, -0.2) is 31.8 Å². The summed E-state index contributed by atoms with van der Waals surface area (Å²) in [7, 11) is 1.59. The minimum absolute atomic E-state index is 0.114. The molecule has 1 aliphatic heterocycles. The topological polar surface area (TPSA) is 75.4 Å². The molecule has 2 aliphatic rings. The van der Waals surface area contributed by atoms with Gasteiger partial charge in [0.25, 0.3) is 5.91 Å². The van der Waals surface area contributed by atoms with E-state index in [0.29, 0.717) is 16.1 Å². The lowest BCUT2D eigenvalue weighted by molar-refractivity contribution is 0.0964. The predicted octanol–water partition coefficient (Wildman–Crippen LogP) is 1.88. The zero-order valence-corrected chi connectivity index (χ0v) is 12.4. The molecule has 1 saturated carbocycles. The van der Waals surface area contributed by atoms with Gasteiger partial charge in [-0.3, -0.25) is 9.59 Å². The number of Topliss-reactive ketones (excluding diaryl/α,β-unsaturated/α-hetero) is 1. The van der Waals surface area contributed by atoms with Gasteiger partial charge in [0.05, 0.1) is 16.1 Å². The molecule has 1 saturated heterocycles. The highest BCUT2D eigenvalue weighted by molar-refractivity contribution is 7.19. The van der Waals surface area contributed by atoms with Crippen LogP contribution in [0.4, 0.5) is 10.7 Å². The van der Waals surface area contributed by atoms with Crippen molar-refractivity contribution in [3.8, 4) is 0 Å². The third-order valence-corrected chi connectivity index (χ3v) is 5.23. The van der Waals surface area contributed by atoms with Crippen molar-refractivity contribution in [2.24, 2.45) is 5.92 Å². The number of nitrogens with one attached hydrogen (secondary N) is 1. The first-order valence-electron chi connectivity index (χ1n) is 7.07. The monoisotopic (exact) mass is 293 g/mol. The SMILES string of the molecule is CNC(=O)c1c(N2CCCC2)sc(C(=O)C2CC2)c1N. The summed E-state index contributed by atoms with van der Waals surface area (Å²) in [5.41, 5.74) is 6.97. The summed E-state index contributed by atoms with van der Waals surface area (Å²) < 4.78 is 0. The highest BCUT2D eigenvalue weighted by Gasteiger charge is 2.36. The Bertz CT molecular complexity index is 557. The van der Waals surface area contributed by atoms with Crippen molar-refractivity contribution in [1.29, 1.82) is 0 Å². The van der Waals surface area contributed by atoms with Gasteiger partial charge < -0.3 is 16.0 Å². The van der Waals surface area contributed by atoms with E-state index >= 15 is 0 Å². The van der Waals surface area contributed by atoms with E-state index in [9.17, 15) is 9.59 Å². The van der Waals surface area contributed by atoms with E-state index in [0.717, 1.165) is 43.8 Å². The van der Waals surface area contributed by atoms with Gasteiger partial charge in [-0.1, -0.05) is 0 Å². The van der Waals surface area contributed by atoms with E-state index in [-0.39, 0.29) is 17.6 Å². The number of ketones is 1. The fraction of sp³-hybridized carbons (Fsp3) is 0.571. The molecule has 108 valence electrons. The molecule has 0 unspecified atom stereocenters. The molecule has 2 heterocycles. The molecule has 0 atom stereocenters. The van der Waals surface area contributed by atoms with Crippen molar-refractivity contribution in [3.05, 3.63) is 10.4 Å². The summed E-state index contributed by atoms with van der Waals surface area (Å²) in [6, 6.07) is 0. The average molecular weight is 293 g/mol. The Balaban J connectivity index is 2.04. The van der Waals surface area contributed by atoms with Crippen molar-refractivity contribution in [2.75, 3.05) is 30.8 Å². The molecule has 1 amide bonds. The van der Waals surface area contributed by atoms with E-state index in [1.165, 1.54) is 11.3 Å². The van der Waals surface area contributed by atoms with Gasteiger partial charge >= 0.3 is 0 Å². The normalized spacial score (nSPS) is 18.4. The van der Waals surface area contributed by atoms with Gasteiger partial charge in [0.1, 0.15) is 5.00 Å². The van der Waals surface area contributed by atoms with Crippen LogP contribution in [0.5, 0.6) is 0 Å². The molecular formula is C14H19N3O2S. The summed E-state index contributed by atoms with van der Waals surface area (Å²) in [5, 5.41) is 3.50. The van der Waals surface area contributed by atoms with Crippen LogP contribution in [0.25, 0.3) is 0 Å². The van der Waals surface area contributed by atoms with Crippen molar-refractivity contribution in [1.82, 2.24) is 5.32 Å². The second-order valence-electron chi connectivity index (χ2n) is 5.44. The molecule has 1 aliphatic carbocycles. The highest BCUT2D eigenvalue weighted by atomic mass is 32.1. The van der Waals surface area contributed by atoms with E-state index < -0.39 is 0 Å². The van der Waals surface area contributed by atoms with Crippen LogP contribution in [0, 0.1) is 5.92 Å². The van der Waals surface area contributed by atoms with Crippen molar-refractivity contribution < 1.29 is 9.59 Å². The molecule has 3 N–H and O–H groups in total. The maximum Gasteiger partial charge on any atom is 0.256 e. The van der Waals surface area contributed by atoms with E-state index in [1.54, 1.807) is 7.05 Å². The molecule has 1 aromatic heterocycles. The second kappa shape index (κ2) is 5.09. The van der Waals surface area contributed by atoms with Crippen LogP contribution in [0.1, 0.15) is 45.7 Å². The third-order valence-electron chi connectivity index (χ3n) is 3.95. The number of nitrogen functional groups attached to an aromatic ring is 1. The Labute approximate surface area is 122 Å². The molecule has 20 heavy (non-hydrogen) atoms.